The van der Waals surface area contributed by atoms with E-state index >= 15 is 0 Å². The van der Waals surface area contributed by atoms with E-state index in [1.807, 2.05) is 41.8 Å². The summed E-state index contributed by atoms with van der Waals surface area (Å²) in [7, 11) is 0. The van der Waals surface area contributed by atoms with Gasteiger partial charge in [-0.2, -0.15) is 0 Å². The number of ether oxygens (including phenoxy) is 1. The summed E-state index contributed by atoms with van der Waals surface area (Å²) in [4.78, 5) is 29.3. The highest BCUT2D eigenvalue weighted by Gasteiger charge is 2.29. The van der Waals surface area contributed by atoms with Gasteiger partial charge in [0.25, 0.3) is 5.56 Å². The molecule has 2 aromatic heterocycles. The second-order valence-corrected chi connectivity index (χ2v) is 7.73. The summed E-state index contributed by atoms with van der Waals surface area (Å²) in [6.07, 6.45) is 1.98. The Hall–Kier alpha value is -2.12. The minimum Gasteiger partial charge on any atom is -0.460 e. The van der Waals surface area contributed by atoms with Crippen molar-refractivity contribution in [2.75, 3.05) is 5.75 Å². The van der Waals surface area contributed by atoms with Gasteiger partial charge in [0.2, 0.25) is 0 Å². The summed E-state index contributed by atoms with van der Waals surface area (Å²) >= 11 is 2.69. The standard InChI is InChI=1S/C18H16N2O3S2/c21-15(23-10-12-4-2-1-3-5-12)11-25-18-19-14-8-9-24-16(14)17(22)20(18)13-6-7-13/h1-5,8-9,13H,6-7,10-11H2. The molecule has 4 rings (SSSR count). The number of fused-ring (bicyclic) bond motifs is 1. The van der Waals surface area contributed by atoms with Crippen LogP contribution in [0.3, 0.4) is 0 Å². The Balaban J connectivity index is 1.46. The van der Waals surface area contributed by atoms with Crippen LogP contribution in [0.15, 0.2) is 51.7 Å². The zero-order valence-electron chi connectivity index (χ0n) is 13.4. The first kappa shape index (κ1) is 16.4. The first-order valence-corrected chi connectivity index (χ1v) is 9.91. The van der Waals surface area contributed by atoms with E-state index in [0.717, 1.165) is 18.4 Å². The van der Waals surface area contributed by atoms with Gasteiger partial charge in [0.1, 0.15) is 11.3 Å². The zero-order chi connectivity index (χ0) is 17.2. The van der Waals surface area contributed by atoms with Gasteiger partial charge in [0.15, 0.2) is 5.16 Å². The van der Waals surface area contributed by atoms with E-state index < -0.39 is 0 Å². The molecule has 0 bridgehead atoms. The average molecular weight is 372 g/mol. The van der Waals surface area contributed by atoms with Crippen molar-refractivity contribution in [3.05, 3.63) is 57.7 Å². The predicted octanol–water partition coefficient (Wildman–Crippen LogP) is 3.63. The van der Waals surface area contributed by atoms with Crippen LogP contribution in [0.5, 0.6) is 0 Å². The molecule has 0 spiro atoms. The molecule has 0 atom stereocenters. The molecule has 5 nitrogen and oxygen atoms in total. The van der Waals surface area contributed by atoms with Crippen LogP contribution < -0.4 is 5.56 Å². The summed E-state index contributed by atoms with van der Waals surface area (Å²) in [6.45, 7) is 0.257. The van der Waals surface area contributed by atoms with Crippen molar-refractivity contribution in [1.82, 2.24) is 9.55 Å². The van der Waals surface area contributed by atoms with E-state index in [2.05, 4.69) is 4.98 Å². The molecule has 0 saturated heterocycles. The first-order valence-electron chi connectivity index (χ1n) is 8.04. The number of hydrogen-bond acceptors (Lipinski definition) is 6. The van der Waals surface area contributed by atoms with Crippen LogP contribution in [0.1, 0.15) is 24.4 Å². The number of aromatic nitrogens is 2. The van der Waals surface area contributed by atoms with E-state index in [1.54, 1.807) is 4.57 Å². The molecular formula is C18H16N2O3S2. The summed E-state index contributed by atoms with van der Waals surface area (Å²) < 4.78 is 7.72. The SMILES string of the molecule is O=C(CSc1nc2ccsc2c(=O)n1C1CC1)OCc1ccccc1. The second-order valence-electron chi connectivity index (χ2n) is 5.87. The monoisotopic (exact) mass is 372 g/mol. The third kappa shape index (κ3) is 3.62. The van der Waals surface area contributed by atoms with Gasteiger partial charge in [-0.05, 0) is 29.9 Å². The topological polar surface area (TPSA) is 61.2 Å². The molecule has 0 radical (unpaired) electrons. The van der Waals surface area contributed by atoms with Crippen LogP contribution in [0.4, 0.5) is 0 Å². The third-order valence-corrected chi connectivity index (χ3v) is 5.77. The number of thiophene rings is 1. The molecule has 0 aliphatic heterocycles. The lowest BCUT2D eigenvalue weighted by Gasteiger charge is -2.10. The fourth-order valence-electron chi connectivity index (χ4n) is 2.56. The van der Waals surface area contributed by atoms with Crippen molar-refractivity contribution >= 4 is 39.3 Å². The van der Waals surface area contributed by atoms with Crippen LogP contribution in [-0.4, -0.2) is 21.3 Å². The molecule has 0 amide bonds. The Kier molecular flexibility index (Phi) is 4.59. The minimum atomic E-state index is -0.309. The Morgan fingerprint density at radius 1 is 1.28 bits per heavy atom. The fraction of sp³-hybridized carbons (Fsp3) is 0.278. The number of esters is 1. The molecule has 0 unspecified atom stereocenters. The van der Waals surface area contributed by atoms with Crippen LogP contribution in [0, 0.1) is 0 Å². The smallest absolute Gasteiger partial charge is 0.316 e. The minimum absolute atomic E-state index is 0.00246. The van der Waals surface area contributed by atoms with Gasteiger partial charge in [0, 0.05) is 6.04 Å². The molecule has 1 saturated carbocycles. The molecule has 0 N–H and O–H groups in total. The van der Waals surface area contributed by atoms with E-state index in [0.29, 0.717) is 15.4 Å². The lowest BCUT2D eigenvalue weighted by atomic mass is 10.2. The van der Waals surface area contributed by atoms with Gasteiger partial charge in [-0.15, -0.1) is 11.3 Å². The third-order valence-electron chi connectivity index (χ3n) is 3.95. The summed E-state index contributed by atoms with van der Waals surface area (Å²) in [5.74, 6) is -0.169. The normalized spacial score (nSPS) is 13.9. The Morgan fingerprint density at radius 3 is 2.84 bits per heavy atom. The summed E-state index contributed by atoms with van der Waals surface area (Å²) in [5, 5.41) is 2.48. The lowest BCUT2D eigenvalue weighted by molar-refractivity contribution is -0.141. The molecule has 2 heterocycles. The molecule has 3 aromatic rings. The number of rotatable bonds is 6. The number of benzene rings is 1. The van der Waals surface area contributed by atoms with Crippen LogP contribution in [0.25, 0.3) is 10.2 Å². The quantitative estimate of drug-likeness (QED) is 0.376. The van der Waals surface area contributed by atoms with Crippen molar-refractivity contribution in [3.8, 4) is 0 Å². The maximum atomic E-state index is 12.7. The highest BCUT2D eigenvalue weighted by atomic mass is 32.2. The molecule has 1 aliphatic carbocycles. The summed E-state index contributed by atoms with van der Waals surface area (Å²) in [6, 6.07) is 11.6. The van der Waals surface area contributed by atoms with Gasteiger partial charge < -0.3 is 4.74 Å². The fourth-order valence-corrected chi connectivity index (χ4v) is 4.19. The number of nitrogens with zero attached hydrogens (tertiary/aromatic N) is 2. The largest absolute Gasteiger partial charge is 0.460 e. The van der Waals surface area contributed by atoms with Crippen LogP contribution in [-0.2, 0) is 16.1 Å². The molecule has 1 aromatic carbocycles. The van der Waals surface area contributed by atoms with Crippen molar-refractivity contribution in [3.63, 3.8) is 0 Å². The molecule has 1 aliphatic rings. The molecule has 128 valence electrons. The van der Waals surface area contributed by atoms with Crippen molar-refractivity contribution in [2.24, 2.45) is 0 Å². The molecular weight excluding hydrogens is 356 g/mol. The number of carbonyl (C=O) groups is 1. The highest BCUT2D eigenvalue weighted by Crippen LogP contribution is 2.37. The zero-order valence-corrected chi connectivity index (χ0v) is 15.0. The molecule has 25 heavy (non-hydrogen) atoms. The maximum absolute atomic E-state index is 12.7. The molecule has 1 fully saturated rings. The van der Waals surface area contributed by atoms with Gasteiger partial charge >= 0.3 is 5.97 Å². The lowest BCUT2D eigenvalue weighted by Crippen LogP contribution is -2.22. The average Bonchev–Trinajstić information content (AvgIpc) is 3.35. The highest BCUT2D eigenvalue weighted by molar-refractivity contribution is 7.99. The van der Waals surface area contributed by atoms with Gasteiger partial charge in [-0.3, -0.25) is 14.2 Å². The van der Waals surface area contributed by atoms with Gasteiger partial charge in [-0.1, -0.05) is 42.1 Å². The summed E-state index contributed by atoms with van der Waals surface area (Å²) in [5.41, 5.74) is 1.66. The van der Waals surface area contributed by atoms with Gasteiger partial charge in [0.05, 0.1) is 11.3 Å². The Bertz CT molecular complexity index is 961. The predicted molar refractivity (Wildman–Crippen MR) is 99.1 cm³/mol. The second kappa shape index (κ2) is 7.01. The maximum Gasteiger partial charge on any atom is 0.316 e. The van der Waals surface area contributed by atoms with Crippen molar-refractivity contribution < 1.29 is 9.53 Å². The van der Waals surface area contributed by atoms with E-state index in [1.165, 1.54) is 23.1 Å². The number of carbonyl (C=O) groups excluding carboxylic acids is 1. The van der Waals surface area contributed by atoms with E-state index in [9.17, 15) is 9.59 Å². The van der Waals surface area contributed by atoms with E-state index in [4.69, 9.17) is 4.74 Å². The van der Waals surface area contributed by atoms with Gasteiger partial charge in [-0.25, -0.2) is 4.98 Å². The van der Waals surface area contributed by atoms with Crippen LogP contribution in [0.2, 0.25) is 0 Å². The van der Waals surface area contributed by atoms with Crippen molar-refractivity contribution in [2.45, 2.75) is 30.6 Å². The van der Waals surface area contributed by atoms with Crippen molar-refractivity contribution in [1.29, 1.82) is 0 Å². The number of thioether (sulfide) groups is 1. The van der Waals surface area contributed by atoms with E-state index in [-0.39, 0.29) is 29.9 Å². The first-order chi connectivity index (χ1) is 12.2. The Morgan fingerprint density at radius 2 is 2.08 bits per heavy atom. The molecule has 7 heteroatoms. The Labute approximate surface area is 152 Å². The van der Waals surface area contributed by atoms with Crippen LogP contribution >= 0.6 is 23.1 Å². The number of hydrogen-bond donors (Lipinski definition) is 0.